The fourth-order valence-corrected chi connectivity index (χ4v) is 2.67. The lowest BCUT2D eigenvalue weighted by Crippen LogP contribution is -1.92. The number of hydrogen-bond donors (Lipinski definition) is 0. The Balaban J connectivity index is 2.11. The van der Waals surface area contributed by atoms with E-state index < -0.39 is 0 Å². The number of hydrogen-bond acceptors (Lipinski definition) is 5. The summed E-state index contributed by atoms with van der Waals surface area (Å²) in [7, 11) is 0. The first-order valence-electron chi connectivity index (χ1n) is 6.51. The lowest BCUT2D eigenvalue weighted by atomic mass is 10.1. The molecule has 0 aliphatic carbocycles. The molecular formula is C15H17N3OS. The highest BCUT2D eigenvalue weighted by molar-refractivity contribution is 7.98. The maximum Gasteiger partial charge on any atom is 0.258 e. The fourth-order valence-electron chi connectivity index (χ4n) is 1.78. The van der Waals surface area contributed by atoms with Gasteiger partial charge in [0.1, 0.15) is 0 Å². The van der Waals surface area contributed by atoms with Gasteiger partial charge in [-0.25, -0.2) is 0 Å². The first-order valence-corrected chi connectivity index (χ1v) is 7.67. The van der Waals surface area contributed by atoms with Crippen molar-refractivity contribution in [2.75, 3.05) is 5.75 Å². The molecule has 0 aliphatic rings. The Morgan fingerprint density at radius 1 is 1.40 bits per heavy atom. The van der Waals surface area contributed by atoms with Crippen molar-refractivity contribution in [1.82, 2.24) is 10.1 Å². The first-order chi connectivity index (χ1) is 9.60. The van der Waals surface area contributed by atoms with E-state index in [0.29, 0.717) is 17.4 Å². The van der Waals surface area contributed by atoms with Crippen LogP contribution in [-0.2, 0) is 5.75 Å². The Morgan fingerprint density at radius 3 is 2.85 bits per heavy atom. The van der Waals surface area contributed by atoms with Gasteiger partial charge in [0.15, 0.2) is 5.82 Å². The van der Waals surface area contributed by atoms with Crippen LogP contribution in [0.4, 0.5) is 0 Å². The zero-order valence-corrected chi connectivity index (χ0v) is 12.7. The molecule has 104 valence electrons. The molecule has 0 atom stereocenters. The number of rotatable bonds is 5. The van der Waals surface area contributed by atoms with Gasteiger partial charge in [0.25, 0.3) is 5.89 Å². The minimum absolute atomic E-state index is 0.520. The van der Waals surface area contributed by atoms with Crippen molar-refractivity contribution >= 4 is 11.8 Å². The lowest BCUT2D eigenvalue weighted by Gasteiger charge is -2.01. The van der Waals surface area contributed by atoms with Crippen molar-refractivity contribution in [1.29, 1.82) is 5.26 Å². The third kappa shape index (κ3) is 3.61. The normalized spacial score (nSPS) is 10.8. The molecule has 1 aromatic carbocycles. The number of nitrogens with zero attached hydrogens (tertiary/aromatic N) is 3. The topological polar surface area (TPSA) is 62.7 Å². The lowest BCUT2D eigenvalue weighted by molar-refractivity contribution is 0.425. The summed E-state index contributed by atoms with van der Waals surface area (Å²) in [4.78, 5) is 4.41. The Kier molecular flexibility index (Phi) is 4.80. The van der Waals surface area contributed by atoms with Crippen molar-refractivity contribution in [2.45, 2.75) is 26.5 Å². The van der Waals surface area contributed by atoms with Gasteiger partial charge in [-0.1, -0.05) is 19.0 Å². The molecule has 0 amide bonds. The Labute approximate surface area is 123 Å². The summed E-state index contributed by atoms with van der Waals surface area (Å²) in [6.45, 7) is 6.32. The first kappa shape index (κ1) is 14.6. The number of aryl methyl sites for hydroxylation is 1. The largest absolute Gasteiger partial charge is 0.334 e. The molecule has 20 heavy (non-hydrogen) atoms. The van der Waals surface area contributed by atoms with Crippen LogP contribution in [0.5, 0.6) is 0 Å². The zero-order valence-electron chi connectivity index (χ0n) is 11.9. The number of benzene rings is 1. The Morgan fingerprint density at radius 2 is 2.20 bits per heavy atom. The molecule has 2 aromatic rings. The van der Waals surface area contributed by atoms with E-state index in [1.807, 2.05) is 19.1 Å². The Bertz CT molecular complexity index is 628. The maximum absolute atomic E-state index is 8.87. The molecule has 0 radical (unpaired) electrons. The second-order valence-electron chi connectivity index (χ2n) is 5.07. The van der Waals surface area contributed by atoms with Crippen molar-refractivity contribution in [3.8, 4) is 17.5 Å². The average Bonchev–Trinajstić information content (AvgIpc) is 2.86. The molecule has 2 rings (SSSR count). The van der Waals surface area contributed by atoms with Crippen LogP contribution in [0.2, 0.25) is 0 Å². The molecular weight excluding hydrogens is 270 g/mol. The maximum atomic E-state index is 8.87. The van der Waals surface area contributed by atoms with Crippen LogP contribution in [0.15, 0.2) is 22.7 Å². The van der Waals surface area contributed by atoms with E-state index in [9.17, 15) is 0 Å². The van der Waals surface area contributed by atoms with Crippen molar-refractivity contribution in [3.05, 3.63) is 35.2 Å². The van der Waals surface area contributed by atoms with Crippen molar-refractivity contribution in [2.24, 2.45) is 5.92 Å². The summed E-state index contributed by atoms with van der Waals surface area (Å²) in [6.07, 6.45) is 0. The van der Waals surface area contributed by atoms with Gasteiger partial charge < -0.3 is 4.52 Å². The van der Waals surface area contributed by atoms with Crippen LogP contribution in [0.1, 0.15) is 30.8 Å². The predicted molar refractivity (Wildman–Crippen MR) is 80.2 cm³/mol. The highest BCUT2D eigenvalue weighted by Gasteiger charge is 2.11. The van der Waals surface area contributed by atoms with E-state index in [1.54, 1.807) is 17.8 Å². The van der Waals surface area contributed by atoms with Crippen molar-refractivity contribution in [3.63, 3.8) is 0 Å². The van der Waals surface area contributed by atoms with Crippen LogP contribution in [0.25, 0.3) is 11.5 Å². The minimum atomic E-state index is 0.520. The summed E-state index contributed by atoms with van der Waals surface area (Å²) in [5.41, 5.74) is 2.49. The molecule has 0 unspecified atom stereocenters. The van der Waals surface area contributed by atoms with E-state index in [1.165, 1.54) is 0 Å². The predicted octanol–water partition coefficient (Wildman–Crippen LogP) is 3.81. The van der Waals surface area contributed by atoms with Gasteiger partial charge >= 0.3 is 0 Å². The van der Waals surface area contributed by atoms with Gasteiger partial charge in [-0.15, -0.1) is 0 Å². The molecule has 0 saturated carbocycles. The standard InChI is InChI=1S/C15H17N3OS/c1-10(2)8-20-9-14-17-15(19-18-14)13-5-4-12(7-16)6-11(13)3/h4-6,10H,8-9H2,1-3H3. The van der Waals surface area contributed by atoms with E-state index in [4.69, 9.17) is 9.78 Å². The molecule has 0 aliphatic heterocycles. The molecule has 1 heterocycles. The Hall–Kier alpha value is -1.80. The van der Waals surface area contributed by atoms with Gasteiger partial charge in [-0.05, 0) is 42.4 Å². The second kappa shape index (κ2) is 6.58. The van der Waals surface area contributed by atoms with Gasteiger partial charge in [0.2, 0.25) is 0 Å². The minimum Gasteiger partial charge on any atom is -0.334 e. The number of aromatic nitrogens is 2. The van der Waals surface area contributed by atoms with E-state index in [0.717, 1.165) is 28.5 Å². The molecule has 0 fully saturated rings. The molecule has 1 aromatic heterocycles. The summed E-state index contributed by atoms with van der Waals surface area (Å²) in [5.74, 6) is 3.74. The summed E-state index contributed by atoms with van der Waals surface area (Å²) < 4.78 is 5.31. The monoisotopic (exact) mass is 287 g/mol. The summed E-state index contributed by atoms with van der Waals surface area (Å²) >= 11 is 1.81. The van der Waals surface area contributed by atoms with Gasteiger partial charge in [0.05, 0.1) is 17.4 Å². The van der Waals surface area contributed by atoms with Crippen molar-refractivity contribution < 1.29 is 4.52 Å². The second-order valence-corrected chi connectivity index (χ2v) is 6.10. The SMILES string of the molecule is Cc1cc(C#N)ccc1-c1nc(CSCC(C)C)no1. The van der Waals surface area contributed by atoms with Gasteiger partial charge in [-0.2, -0.15) is 22.0 Å². The number of thioether (sulfide) groups is 1. The highest BCUT2D eigenvalue weighted by Crippen LogP contribution is 2.23. The fraction of sp³-hybridized carbons (Fsp3) is 0.400. The summed E-state index contributed by atoms with van der Waals surface area (Å²) in [6, 6.07) is 7.56. The smallest absolute Gasteiger partial charge is 0.258 e. The highest BCUT2D eigenvalue weighted by atomic mass is 32.2. The molecule has 0 spiro atoms. The molecule has 5 heteroatoms. The molecule has 0 saturated heterocycles. The quantitative estimate of drug-likeness (QED) is 0.836. The average molecular weight is 287 g/mol. The van der Waals surface area contributed by atoms with E-state index >= 15 is 0 Å². The van der Waals surface area contributed by atoms with Crippen LogP contribution in [-0.4, -0.2) is 15.9 Å². The molecule has 0 N–H and O–H groups in total. The molecule has 4 nitrogen and oxygen atoms in total. The van der Waals surface area contributed by atoms with Crippen LogP contribution < -0.4 is 0 Å². The third-order valence-corrected chi connectivity index (χ3v) is 4.10. The number of nitriles is 1. The summed E-state index contributed by atoms with van der Waals surface area (Å²) in [5, 5.41) is 12.9. The van der Waals surface area contributed by atoms with Crippen LogP contribution in [0.3, 0.4) is 0 Å². The zero-order chi connectivity index (χ0) is 14.5. The van der Waals surface area contributed by atoms with Gasteiger partial charge in [0, 0.05) is 5.56 Å². The third-order valence-electron chi connectivity index (χ3n) is 2.74. The van der Waals surface area contributed by atoms with Crippen LogP contribution >= 0.6 is 11.8 Å². The molecule has 0 bridgehead atoms. The van der Waals surface area contributed by atoms with E-state index in [-0.39, 0.29) is 0 Å². The van der Waals surface area contributed by atoms with Crippen LogP contribution in [0, 0.1) is 24.2 Å². The van der Waals surface area contributed by atoms with E-state index in [2.05, 4.69) is 30.1 Å². The van der Waals surface area contributed by atoms with Gasteiger partial charge in [-0.3, -0.25) is 0 Å².